The van der Waals surface area contributed by atoms with Crippen LogP contribution in [0.4, 0.5) is 27.2 Å². The van der Waals surface area contributed by atoms with Crippen LogP contribution in [0.2, 0.25) is 0 Å². The van der Waals surface area contributed by atoms with Crippen molar-refractivity contribution in [3.05, 3.63) is 66.9 Å². The number of thiazole rings is 1. The Morgan fingerprint density at radius 3 is 2.56 bits per heavy atom. The summed E-state index contributed by atoms with van der Waals surface area (Å²) in [6, 6.07) is 16.9. The smallest absolute Gasteiger partial charge is 0.263 e. The van der Waals surface area contributed by atoms with E-state index in [0.717, 1.165) is 33.4 Å². The standard InChI is InChI=1S/C24H21N7O3S2/c1-2-34-16-6-10-20-19(12-16)23(26)18-9-5-15(11-21(18)28-20)29-30-22-13-27-24(35-22)31-36(32,33)17-7-3-14(25)4-8-17/h3-13H,2,25H2,1H3,(H2,26,28)(H,27,31)/b30-29+. The second kappa shape index (κ2) is 9.40. The average molecular weight is 520 g/mol. The molecule has 5 aromatic rings. The first kappa shape index (κ1) is 23.5. The lowest BCUT2D eigenvalue weighted by Crippen LogP contribution is -2.12. The van der Waals surface area contributed by atoms with Gasteiger partial charge in [-0.3, -0.25) is 4.72 Å². The molecule has 3 aromatic carbocycles. The number of aromatic nitrogens is 2. The lowest BCUT2D eigenvalue weighted by Gasteiger charge is -2.09. The average Bonchev–Trinajstić information content (AvgIpc) is 3.30. The molecule has 0 saturated heterocycles. The van der Waals surface area contributed by atoms with Crippen LogP contribution >= 0.6 is 11.3 Å². The molecule has 5 N–H and O–H groups in total. The molecule has 5 rings (SSSR count). The Morgan fingerprint density at radius 2 is 1.78 bits per heavy atom. The Balaban J connectivity index is 1.37. The minimum Gasteiger partial charge on any atom is -0.494 e. The van der Waals surface area contributed by atoms with Crippen molar-refractivity contribution in [3.63, 3.8) is 0 Å². The van der Waals surface area contributed by atoms with Crippen LogP contribution in [-0.2, 0) is 10.0 Å². The van der Waals surface area contributed by atoms with Gasteiger partial charge in [-0.25, -0.2) is 18.4 Å². The summed E-state index contributed by atoms with van der Waals surface area (Å²) in [6.45, 7) is 2.49. The predicted octanol–water partition coefficient (Wildman–Crippen LogP) is 5.62. The molecule has 36 heavy (non-hydrogen) atoms. The summed E-state index contributed by atoms with van der Waals surface area (Å²) >= 11 is 1.06. The normalized spacial score (nSPS) is 11.9. The number of rotatable bonds is 7. The molecule has 0 aliphatic rings. The van der Waals surface area contributed by atoms with E-state index in [4.69, 9.17) is 21.2 Å². The summed E-state index contributed by atoms with van der Waals surface area (Å²) in [4.78, 5) is 8.87. The number of azo groups is 1. The third-order valence-corrected chi connectivity index (χ3v) is 7.53. The lowest BCUT2D eigenvalue weighted by molar-refractivity contribution is 0.341. The molecule has 0 radical (unpaired) electrons. The van der Waals surface area contributed by atoms with Crippen LogP contribution < -0.4 is 20.9 Å². The minimum absolute atomic E-state index is 0.0830. The Labute approximate surface area is 210 Å². The van der Waals surface area contributed by atoms with E-state index in [2.05, 4.69) is 19.9 Å². The van der Waals surface area contributed by atoms with E-state index >= 15 is 0 Å². The number of ether oxygens (including phenoxy) is 1. The number of benzene rings is 3. The zero-order chi connectivity index (χ0) is 25.3. The van der Waals surface area contributed by atoms with Crippen molar-refractivity contribution >= 4 is 70.4 Å². The highest BCUT2D eigenvalue weighted by Gasteiger charge is 2.16. The molecule has 182 valence electrons. The summed E-state index contributed by atoms with van der Waals surface area (Å²) in [5.74, 6) is 0.739. The Hall–Kier alpha value is -4.29. The largest absolute Gasteiger partial charge is 0.494 e. The predicted molar refractivity (Wildman–Crippen MR) is 143 cm³/mol. The van der Waals surface area contributed by atoms with Crippen molar-refractivity contribution < 1.29 is 13.2 Å². The number of pyridine rings is 1. The van der Waals surface area contributed by atoms with E-state index in [9.17, 15) is 8.42 Å². The van der Waals surface area contributed by atoms with Gasteiger partial charge in [-0.05, 0) is 67.6 Å². The van der Waals surface area contributed by atoms with Gasteiger partial charge in [-0.15, -0.1) is 10.2 Å². The lowest BCUT2D eigenvalue weighted by atomic mass is 10.1. The Kier molecular flexibility index (Phi) is 6.12. The van der Waals surface area contributed by atoms with E-state index < -0.39 is 10.0 Å². The highest BCUT2D eigenvalue weighted by atomic mass is 32.2. The van der Waals surface area contributed by atoms with E-state index in [1.165, 1.54) is 30.5 Å². The van der Waals surface area contributed by atoms with E-state index in [1.54, 1.807) is 12.1 Å². The van der Waals surface area contributed by atoms with Gasteiger partial charge >= 0.3 is 0 Å². The van der Waals surface area contributed by atoms with Gasteiger partial charge in [0.2, 0.25) is 0 Å². The van der Waals surface area contributed by atoms with Crippen molar-refractivity contribution in [2.45, 2.75) is 11.8 Å². The van der Waals surface area contributed by atoms with Crippen molar-refractivity contribution in [2.75, 3.05) is 22.8 Å². The van der Waals surface area contributed by atoms with Crippen LogP contribution in [0.15, 0.2) is 82.0 Å². The van der Waals surface area contributed by atoms with Crippen LogP contribution in [0.25, 0.3) is 21.8 Å². The van der Waals surface area contributed by atoms with Gasteiger partial charge in [0, 0.05) is 16.5 Å². The summed E-state index contributed by atoms with van der Waals surface area (Å²) < 4.78 is 33.1. The highest BCUT2D eigenvalue weighted by Crippen LogP contribution is 2.34. The van der Waals surface area contributed by atoms with Gasteiger partial charge in [0.1, 0.15) is 5.75 Å². The van der Waals surface area contributed by atoms with Crippen molar-refractivity contribution in [3.8, 4) is 5.75 Å². The molecular weight excluding hydrogens is 498 g/mol. The van der Waals surface area contributed by atoms with Gasteiger partial charge in [0.25, 0.3) is 10.0 Å². The number of nitrogens with one attached hydrogen (secondary N) is 1. The summed E-state index contributed by atoms with van der Waals surface area (Å²) in [5.41, 5.74) is 15.1. The van der Waals surface area contributed by atoms with E-state index in [-0.39, 0.29) is 10.0 Å². The maximum Gasteiger partial charge on any atom is 0.263 e. The highest BCUT2D eigenvalue weighted by molar-refractivity contribution is 7.93. The quantitative estimate of drug-likeness (QED) is 0.143. The molecule has 0 unspecified atom stereocenters. The molecule has 0 fully saturated rings. The fourth-order valence-electron chi connectivity index (χ4n) is 3.55. The van der Waals surface area contributed by atoms with Gasteiger partial charge in [-0.1, -0.05) is 11.3 Å². The first-order valence-corrected chi connectivity index (χ1v) is 13.1. The molecule has 0 bridgehead atoms. The number of hydrogen-bond acceptors (Lipinski definition) is 10. The number of sulfonamides is 1. The van der Waals surface area contributed by atoms with E-state index in [1.807, 2.05) is 31.2 Å². The van der Waals surface area contributed by atoms with Crippen molar-refractivity contribution in [1.82, 2.24) is 9.97 Å². The van der Waals surface area contributed by atoms with Gasteiger partial charge < -0.3 is 16.2 Å². The number of nitrogen functional groups attached to an aromatic ring is 2. The minimum atomic E-state index is -3.79. The topological polar surface area (TPSA) is 158 Å². The fourth-order valence-corrected chi connectivity index (χ4v) is 5.43. The zero-order valence-electron chi connectivity index (χ0n) is 19.0. The number of fused-ring (bicyclic) bond motifs is 2. The van der Waals surface area contributed by atoms with Crippen molar-refractivity contribution in [1.29, 1.82) is 0 Å². The molecule has 12 heteroatoms. The molecule has 0 atom stereocenters. The molecule has 2 aromatic heterocycles. The van der Waals surface area contributed by atoms with Crippen LogP contribution in [0.5, 0.6) is 5.75 Å². The SMILES string of the molecule is CCOc1ccc2nc3cc(/N=N/c4cnc(NS(=O)(=O)c5ccc(N)cc5)s4)ccc3c(N)c2c1. The molecule has 0 aliphatic carbocycles. The molecule has 0 aliphatic heterocycles. The molecule has 0 saturated carbocycles. The van der Waals surface area contributed by atoms with Gasteiger partial charge in [0.05, 0.1) is 40.1 Å². The molecule has 0 amide bonds. The number of anilines is 3. The summed E-state index contributed by atoms with van der Waals surface area (Å²) in [7, 11) is -3.79. The number of nitrogens with two attached hydrogens (primary N) is 2. The molecule has 10 nitrogen and oxygen atoms in total. The molecule has 0 spiro atoms. The number of hydrogen-bond donors (Lipinski definition) is 3. The third-order valence-electron chi connectivity index (χ3n) is 5.25. The first-order valence-electron chi connectivity index (χ1n) is 10.8. The molecular formula is C24H21N7O3S2. The van der Waals surface area contributed by atoms with Gasteiger partial charge in [-0.2, -0.15) is 0 Å². The second-order valence-corrected chi connectivity index (χ2v) is 10.4. The maximum absolute atomic E-state index is 12.5. The van der Waals surface area contributed by atoms with E-state index in [0.29, 0.717) is 34.2 Å². The molecule has 2 heterocycles. The van der Waals surface area contributed by atoms with Crippen LogP contribution in [0.3, 0.4) is 0 Å². The fraction of sp³-hybridized carbons (Fsp3) is 0.0833. The number of nitrogens with zero attached hydrogens (tertiary/aromatic N) is 4. The summed E-state index contributed by atoms with van der Waals surface area (Å²) in [5, 5.41) is 10.7. The Morgan fingerprint density at radius 1 is 0.972 bits per heavy atom. The summed E-state index contributed by atoms with van der Waals surface area (Å²) in [6.07, 6.45) is 1.44. The zero-order valence-corrected chi connectivity index (χ0v) is 20.7. The van der Waals surface area contributed by atoms with Crippen LogP contribution in [0.1, 0.15) is 6.92 Å². The van der Waals surface area contributed by atoms with Crippen molar-refractivity contribution in [2.24, 2.45) is 10.2 Å². The Bertz CT molecular complexity index is 1720. The third kappa shape index (κ3) is 4.76. The monoisotopic (exact) mass is 519 g/mol. The van der Waals surface area contributed by atoms with Gasteiger partial charge in [0.15, 0.2) is 10.1 Å². The van der Waals surface area contributed by atoms with Crippen LogP contribution in [-0.4, -0.2) is 25.0 Å². The van der Waals surface area contributed by atoms with Crippen LogP contribution in [0, 0.1) is 0 Å². The maximum atomic E-state index is 12.5. The second-order valence-electron chi connectivity index (χ2n) is 7.72. The first-order chi connectivity index (χ1) is 17.3.